The van der Waals surface area contributed by atoms with E-state index in [0.717, 1.165) is 31.0 Å². The normalized spacial score (nSPS) is 14.5. The van der Waals surface area contributed by atoms with Gasteiger partial charge in [0.15, 0.2) is 0 Å². The standard InChI is InChI=1S/C21H27NO2/c1-15(2)9-17-10-21(24-14-16-7-5-4-6-8-16)19(11-20(17)23-3)18-12-22-13-18/h4-8,10-11,15,18,22H,9,12-14H2,1-3H3. The Morgan fingerprint density at radius 1 is 1.08 bits per heavy atom. The molecule has 24 heavy (non-hydrogen) atoms. The molecule has 0 atom stereocenters. The first-order chi connectivity index (χ1) is 11.7. The van der Waals surface area contributed by atoms with Gasteiger partial charge >= 0.3 is 0 Å². The summed E-state index contributed by atoms with van der Waals surface area (Å²) in [5.74, 6) is 3.08. The Labute approximate surface area is 145 Å². The Hall–Kier alpha value is -2.00. The summed E-state index contributed by atoms with van der Waals surface area (Å²) >= 11 is 0. The van der Waals surface area contributed by atoms with Gasteiger partial charge in [0.25, 0.3) is 0 Å². The molecule has 0 bridgehead atoms. The lowest BCUT2D eigenvalue weighted by atomic mass is 9.90. The monoisotopic (exact) mass is 325 g/mol. The first-order valence-electron chi connectivity index (χ1n) is 8.75. The van der Waals surface area contributed by atoms with Crippen LogP contribution in [0.3, 0.4) is 0 Å². The Kier molecular flexibility index (Phi) is 5.41. The fraction of sp³-hybridized carbons (Fsp3) is 0.429. The molecular weight excluding hydrogens is 298 g/mol. The van der Waals surface area contributed by atoms with Gasteiger partial charge in [-0.15, -0.1) is 0 Å². The zero-order valence-electron chi connectivity index (χ0n) is 14.8. The summed E-state index contributed by atoms with van der Waals surface area (Å²) in [7, 11) is 1.76. The van der Waals surface area contributed by atoms with E-state index in [9.17, 15) is 0 Å². The van der Waals surface area contributed by atoms with Crippen molar-refractivity contribution < 1.29 is 9.47 Å². The van der Waals surface area contributed by atoms with E-state index in [-0.39, 0.29) is 0 Å². The number of hydrogen-bond acceptors (Lipinski definition) is 3. The number of hydrogen-bond donors (Lipinski definition) is 1. The molecule has 0 unspecified atom stereocenters. The van der Waals surface area contributed by atoms with Crippen LogP contribution in [-0.4, -0.2) is 20.2 Å². The third-order valence-corrected chi connectivity index (χ3v) is 4.50. The summed E-state index contributed by atoms with van der Waals surface area (Å²) in [6, 6.07) is 14.7. The van der Waals surface area contributed by atoms with Crippen molar-refractivity contribution >= 4 is 0 Å². The lowest BCUT2D eigenvalue weighted by Gasteiger charge is -2.30. The minimum atomic E-state index is 0.512. The maximum absolute atomic E-state index is 6.22. The van der Waals surface area contributed by atoms with Crippen molar-refractivity contribution in [3.8, 4) is 11.5 Å². The minimum absolute atomic E-state index is 0.512. The van der Waals surface area contributed by atoms with Crippen molar-refractivity contribution in [1.82, 2.24) is 5.32 Å². The predicted molar refractivity (Wildman–Crippen MR) is 97.9 cm³/mol. The molecule has 128 valence electrons. The molecule has 1 fully saturated rings. The lowest BCUT2D eigenvalue weighted by molar-refractivity contribution is 0.294. The third kappa shape index (κ3) is 3.90. The Balaban J connectivity index is 1.88. The molecule has 2 aromatic rings. The molecule has 3 heteroatoms. The fourth-order valence-corrected chi connectivity index (χ4v) is 3.10. The van der Waals surface area contributed by atoms with Gasteiger partial charge in [0, 0.05) is 24.6 Å². The second kappa shape index (κ2) is 7.71. The molecule has 3 rings (SSSR count). The van der Waals surface area contributed by atoms with Gasteiger partial charge in [-0.3, -0.25) is 0 Å². The number of rotatable bonds is 7. The van der Waals surface area contributed by atoms with Crippen LogP contribution in [0.2, 0.25) is 0 Å². The van der Waals surface area contributed by atoms with Crippen molar-refractivity contribution in [1.29, 1.82) is 0 Å². The number of benzene rings is 2. The molecule has 0 spiro atoms. The van der Waals surface area contributed by atoms with Crippen LogP contribution in [0.25, 0.3) is 0 Å². The quantitative estimate of drug-likeness (QED) is 0.829. The van der Waals surface area contributed by atoms with Crippen molar-refractivity contribution in [3.05, 3.63) is 59.2 Å². The Bertz CT molecular complexity index is 663. The van der Waals surface area contributed by atoms with Crippen molar-refractivity contribution in [3.63, 3.8) is 0 Å². The maximum Gasteiger partial charge on any atom is 0.123 e. The molecule has 0 aromatic heterocycles. The zero-order chi connectivity index (χ0) is 16.9. The smallest absolute Gasteiger partial charge is 0.123 e. The predicted octanol–water partition coefficient (Wildman–Crippen LogP) is 4.16. The largest absolute Gasteiger partial charge is 0.496 e. The number of methoxy groups -OCH3 is 1. The van der Waals surface area contributed by atoms with E-state index < -0.39 is 0 Å². The van der Waals surface area contributed by atoms with Crippen LogP contribution in [0.4, 0.5) is 0 Å². The average molecular weight is 325 g/mol. The highest BCUT2D eigenvalue weighted by atomic mass is 16.5. The second-order valence-electron chi connectivity index (χ2n) is 6.93. The van der Waals surface area contributed by atoms with Gasteiger partial charge in [-0.1, -0.05) is 44.2 Å². The lowest BCUT2D eigenvalue weighted by Crippen LogP contribution is -2.40. The summed E-state index contributed by atoms with van der Waals surface area (Å²) < 4.78 is 11.9. The molecule has 1 N–H and O–H groups in total. The van der Waals surface area contributed by atoms with Gasteiger partial charge in [0.05, 0.1) is 7.11 Å². The van der Waals surface area contributed by atoms with Gasteiger partial charge in [0.2, 0.25) is 0 Å². The van der Waals surface area contributed by atoms with Gasteiger partial charge < -0.3 is 14.8 Å². The van der Waals surface area contributed by atoms with E-state index in [1.165, 1.54) is 16.7 Å². The second-order valence-corrected chi connectivity index (χ2v) is 6.93. The maximum atomic E-state index is 6.22. The van der Waals surface area contributed by atoms with Gasteiger partial charge in [0.1, 0.15) is 18.1 Å². The van der Waals surface area contributed by atoms with Gasteiger partial charge in [-0.2, -0.15) is 0 Å². The first-order valence-corrected chi connectivity index (χ1v) is 8.75. The molecule has 1 aliphatic heterocycles. The van der Waals surface area contributed by atoms with Crippen LogP contribution < -0.4 is 14.8 Å². The van der Waals surface area contributed by atoms with Crippen LogP contribution >= 0.6 is 0 Å². The van der Waals surface area contributed by atoms with Gasteiger partial charge in [-0.25, -0.2) is 0 Å². The Morgan fingerprint density at radius 3 is 2.42 bits per heavy atom. The van der Waals surface area contributed by atoms with Crippen LogP contribution in [0, 0.1) is 5.92 Å². The van der Waals surface area contributed by atoms with Crippen LogP contribution in [0.1, 0.15) is 36.5 Å². The minimum Gasteiger partial charge on any atom is -0.496 e. The summed E-state index contributed by atoms with van der Waals surface area (Å²) in [5, 5.41) is 3.35. The number of nitrogens with one attached hydrogen (secondary N) is 1. The van der Waals surface area contributed by atoms with E-state index in [2.05, 4.69) is 43.4 Å². The summed E-state index contributed by atoms with van der Waals surface area (Å²) in [6.07, 6.45) is 0.994. The van der Waals surface area contributed by atoms with E-state index in [4.69, 9.17) is 9.47 Å². The third-order valence-electron chi connectivity index (χ3n) is 4.50. The van der Waals surface area contributed by atoms with Gasteiger partial charge in [-0.05, 0) is 35.6 Å². The molecule has 0 amide bonds. The van der Waals surface area contributed by atoms with Crippen molar-refractivity contribution in [2.75, 3.05) is 20.2 Å². The van der Waals surface area contributed by atoms with E-state index >= 15 is 0 Å². The molecule has 1 heterocycles. The zero-order valence-corrected chi connectivity index (χ0v) is 14.8. The average Bonchev–Trinajstić information content (AvgIpc) is 2.53. The van der Waals surface area contributed by atoms with Crippen molar-refractivity contribution in [2.24, 2.45) is 5.92 Å². The summed E-state index contributed by atoms with van der Waals surface area (Å²) in [5.41, 5.74) is 3.68. The first kappa shape index (κ1) is 16.8. The molecule has 3 nitrogen and oxygen atoms in total. The highest BCUT2D eigenvalue weighted by molar-refractivity contribution is 5.49. The molecule has 0 aliphatic carbocycles. The van der Waals surface area contributed by atoms with Crippen LogP contribution in [0.15, 0.2) is 42.5 Å². The fourth-order valence-electron chi connectivity index (χ4n) is 3.10. The molecule has 0 radical (unpaired) electrons. The molecule has 1 saturated heterocycles. The van der Waals surface area contributed by atoms with Crippen LogP contribution in [0.5, 0.6) is 11.5 Å². The summed E-state index contributed by atoms with van der Waals surface area (Å²) in [4.78, 5) is 0. The van der Waals surface area contributed by atoms with E-state index in [1.807, 2.05) is 18.2 Å². The molecular formula is C21H27NO2. The summed E-state index contributed by atoms with van der Waals surface area (Å²) in [6.45, 7) is 7.07. The molecule has 1 aliphatic rings. The Morgan fingerprint density at radius 2 is 1.83 bits per heavy atom. The van der Waals surface area contributed by atoms with Crippen molar-refractivity contribution in [2.45, 2.75) is 32.8 Å². The van der Waals surface area contributed by atoms with E-state index in [0.29, 0.717) is 18.4 Å². The molecule has 2 aromatic carbocycles. The molecule has 0 saturated carbocycles. The van der Waals surface area contributed by atoms with Crippen LogP contribution in [-0.2, 0) is 13.0 Å². The highest BCUT2D eigenvalue weighted by Gasteiger charge is 2.24. The van der Waals surface area contributed by atoms with E-state index in [1.54, 1.807) is 7.11 Å². The SMILES string of the molecule is COc1cc(C2CNC2)c(OCc2ccccc2)cc1CC(C)C. The topological polar surface area (TPSA) is 30.5 Å². The highest BCUT2D eigenvalue weighted by Crippen LogP contribution is 2.36. The number of ether oxygens (including phenoxy) is 2.